The minimum atomic E-state index is -2.00. The van der Waals surface area contributed by atoms with Crippen LogP contribution in [0.2, 0.25) is 5.02 Å². The summed E-state index contributed by atoms with van der Waals surface area (Å²) in [4.78, 5) is 14.3. The van der Waals surface area contributed by atoms with Gasteiger partial charge in [0.05, 0.1) is 17.7 Å². The number of hydrogen-bond acceptors (Lipinski definition) is 4. The standard InChI is InChI=1S/C9H8ClFN2O4S/c10-7-2-5(3-12-8(7)11)1-6-4-17-18(16)13(6)9(14)15/h2-3,6H,1,4H2,(H,14,15)/t6-,18?/m0/s1. The average molecular weight is 295 g/mol. The van der Waals surface area contributed by atoms with Crippen molar-refractivity contribution < 1.29 is 22.7 Å². The third-order valence-corrected chi connectivity index (χ3v) is 3.74. The zero-order valence-electron chi connectivity index (χ0n) is 8.88. The van der Waals surface area contributed by atoms with Gasteiger partial charge in [0.25, 0.3) is 11.3 Å². The van der Waals surface area contributed by atoms with Crippen molar-refractivity contribution in [2.75, 3.05) is 6.61 Å². The van der Waals surface area contributed by atoms with Gasteiger partial charge >= 0.3 is 6.09 Å². The van der Waals surface area contributed by atoms with Gasteiger partial charge in [0.15, 0.2) is 0 Å². The Morgan fingerprint density at radius 3 is 3.11 bits per heavy atom. The maximum Gasteiger partial charge on any atom is 0.421 e. The number of rotatable bonds is 2. The van der Waals surface area contributed by atoms with Gasteiger partial charge in [-0.1, -0.05) is 11.6 Å². The monoisotopic (exact) mass is 294 g/mol. The summed E-state index contributed by atoms with van der Waals surface area (Å²) in [6.07, 6.45) is 0.116. The van der Waals surface area contributed by atoms with Gasteiger partial charge in [-0.05, 0) is 18.1 Å². The van der Waals surface area contributed by atoms with Crippen molar-refractivity contribution in [3.05, 3.63) is 28.8 Å². The van der Waals surface area contributed by atoms with Crippen molar-refractivity contribution in [3.8, 4) is 0 Å². The summed E-state index contributed by atoms with van der Waals surface area (Å²) in [5.41, 5.74) is 0.542. The molecule has 0 bridgehead atoms. The molecule has 1 amide bonds. The molecule has 18 heavy (non-hydrogen) atoms. The van der Waals surface area contributed by atoms with Crippen LogP contribution in [0.25, 0.3) is 0 Å². The maximum absolute atomic E-state index is 12.9. The first-order chi connectivity index (χ1) is 8.49. The molecule has 0 aliphatic carbocycles. The Kier molecular flexibility index (Phi) is 3.79. The van der Waals surface area contributed by atoms with Gasteiger partial charge in [0, 0.05) is 6.20 Å². The van der Waals surface area contributed by atoms with Crippen LogP contribution in [0.5, 0.6) is 0 Å². The lowest BCUT2D eigenvalue weighted by atomic mass is 10.1. The van der Waals surface area contributed by atoms with E-state index >= 15 is 0 Å². The molecule has 0 radical (unpaired) electrons. The fraction of sp³-hybridized carbons (Fsp3) is 0.333. The number of hydrogen-bond donors (Lipinski definition) is 1. The lowest BCUT2D eigenvalue weighted by molar-refractivity contribution is 0.165. The number of halogens is 2. The van der Waals surface area contributed by atoms with Crippen molar-refractivity contribution in [1.29, 1.82) is 0 Å². The molecule has 0 aromatic carbocycles. The van der Waals surface area contributed by atoms with Crippen molar-refractivity contribution in [2.24, 2.45) is 0 Å². The number of carbonyl (C=O) groups is 1. The highest BCUT2D eigenvalue weighted by Gasteiger charge is 2.36. The molecule has 1 unspecified atom stereocenters. The van der Waals surface area contributed by atoms with E-state index in [1.807, 2.05) is 0 Å². The molecule has 1 saturated heterocycles. The van der Waals surface area contributed by atoms with E-state index in [0.717, 1.165) is 0 Å². The summed E-state index contributed by atoms with van der Waals surface area (Å²) in [6.45, 7) is 0.00784. The normalized spacial score (nSPS) is 23.3. The van der Waals surface area contributed by atoms with Crippen LogP contribution in [0.15, 0.2) is 12.3 Å². The molecular weight excluding hydrogens is 287 g/mol. The molecule has 1 aliphatic rings. The van der Waals surface area contributed by atoms with Gasteiger partial charge in [-0.25, -0.2) is 14.0 Å². The van der Waals surface area contributed by atoms with Gasteiger partial charge in [-0.15, -0.1) is 0 Å². The smallest absolute Gasteiger partial charge is 0.421 e. The first-order valence-corrected chi connectivity index (χ1v) is 6.27. The fourth-order valence-electron chi connectivity index (χ4n) is 1.59. The third-order valence-electron chi connectivity index (χ3n) is 2.37. The van der Waals surface area contributed by atoms with E-state index < -0.39 is 29.3 Å². The van der Waals surface area contributed by atoms with Gasteiger partial charge in [0.1, 0.15) is 0 Å². The molecular formula is C9H8ClFN2O4S. The Morgan fingerprint density at radius 1 is 1.78 bits per heavy atom. The van der Waals surface area contributed by atoms with Gasteiger partial charge < -0.3 is 5.11 Å². The average Bonchev–Trinajstić information content (AvgIpc) is 2.65. The van der Waals surface area contributed by atoms with Crippen LogP contribution >= 0.6 is 11.6 Å². The zero-order chi connectivity index (χ0) is 13.3. The summed E-state index contributed by atoms with van der Waals surface area (Å²) >= 11 is 3.57. The molecule has 2 atom stereocenters. The van der Waals surface area contributed by atoms with E-state index in [1.54, 1.807) is 0 Å². The van der Waals surface area contributed by atoms with Gasteiger partial charge in [-0.2, -0.15) is 8.70 Å². The van der Waals surface area contributed by atoms with Crippen molar-refractivity contribution in [3.63, 3.8) is 0 Å². The Morgan fingerprint density at radius 2 is 2.50 bits per heavy atom. The summed E-state index contributed by atoms with van der Waals surface area (Å²) in [5, 5.41) is 8.74. The molecule has 2 heterocycles. The van der Waals surface area contributed by atoms with E-state index in [4.69, 9.17) is 20.9 Å². The van der Waals surface area contributed by atoms with Crippen LogP contribution in [-0.4, -0.2) is 37.3 Å². The fourth-order valence-corrected chi connectivity index (χ4v) is 2.67. The van der Waals surface area contributed by atoms with Crippen LogP contribution < -0.4 is 0 Å². The van der Waals surface area contributed by atoms with E-state index in [2.05, 4.69) is 4.98 Å². The molecule has 1 fully saturated rings. The Balaban J connectivity index is 2.15. The van der Waals surface area contributed by atoms with E-state index in [0.29, 0.717) is 9.87 Å². The van der Waals surface area contributed by atoms with Crippen LogP contribution in [0.4, 0.5) is 9.18 Å². The van der Waals surface area contributed by atoms with Crippen LogP contribution in [0.3, 0.4) is 0 Å². The van der Waals surface area contributed by atoms with Gasteiger partial charge in [-0.3, -0.25) is 4.18 Å². The Labute approximate surface area is 109 Å². The first kappa shape index (κ1) is 13.2. The van der Waals surface area contributed by atoms with Gasteiger partial charge in [0.2, 0.25) is 5.95 Å². The Bertz CT molecular complexity index is 515. The molecule has 6 nitrogen and oxygen atoms in total. The highest BCUT2D eigenvalue weighted by atomic mass is 35.5. The lowest BCUT2D eigenvalue weighted by Gasteiger charge is -2.16. The predicted octanol–water partition coefficient (Wildman–Crippen LogP) is 1.37. The molecule has 1 aliphatic heterocycles. The minimum absolute atomic E-state index is 0.00784. The molecule has 1 aromatic heterocycles. The quantitative estimate of drug-likeness (QED) is 0.834. The lowest BCUT2D eigenvalue weighted by Crippen LogP contribution is -2.37. The molecule has 9 heteroatoms. The molecule has 2 rings (SSSR count). The molecule has 0 spiro atoms. The van der Waals surface area contributed by atoms with E-state index in [1.165, 1.54) is 12.3 Å². The largest absolute Gasteiger partial charge is 0.464 e. The van der Waals surface area contributed by atoms with Crippen molar-refractivity contribution in [2.45, 2.75) is 12.5 Å². The van der Waals surface area contributed by atoms with Crippen LogP contribution in [0.1, 0.15) is 5.56 Å². The second kappa shape index (κ2) is 5.17. The number of aromatic nitrogens is 1. The summed E-state index contributed by atoms with van der Waals surface area (Å²) in [6, 6.07) is 0.747. The minimum Gasteiger partial charge on any atom is -0.464 e. The summed E-state index contributed by atoms with van der Waals surface area (Å²) < 4.78 is 29.6. The second-order valence-corrected chi connectivity index (χ2v) is 5.05. The third kappa shape index (κ3) is 2.60. The molecule has 1 N–H and O–H groups in total. The van der Waals surface area contributed by atoms with E-state index in [9.17, 15) is 13.4 Å². The molecule has 98 valence electrons. The number of pyridine rings is 1. The topological polar surface area (TPSA) is 79.7 Å². The molecule has 0 saturated carbocycles. The second-order valence-electron chi connectivity index (χ2n) is 3.58. The summed E-state index contributed by atoms with van der Waals surface area (Å²) in [5.74, 6) is -0.790. The predicted molar refractivity (Wildman–Crippen MR) is 60.7 cm³/mol. The Hall–Kier alpha value is -1.25. The van der Waals surface area contributed by atoms with E-state index in [-0.39, 0.29) is 18.1 Å². The van der Waals surface area contributed by atoms with Crippen molar-refractivity contribution >= 4 is 29.0 Å². The number of carboxylic acid groups (broad SMARTS) is 1. The number of nitrogens with zero attached hydrogens (tertiary/aromatic N) is 2. The zero-order valence-corrected chi connectivity index (χ0v) is 10.4. The maximum atomic E-state index is 12.9. The molecule has 1 aromatic rings. The first-order valence-electron chi connectivity index (χ1n) is 4.86. The van der Waals surface area contributed by atoms with Crippen LogP contribution in [0, 0.1) is 5.95 Å². The van der Waals surface area contributed by atoms with Crippen molar-refractivity contribution in [1.82, 2.24) is 9.29 Å². The highest BCUT2D eigenvalue weighted by molar-refractivity contribution is 7.78. The SMILES string of the molecule is O=C(O)N1[C@@H](Cc2cnc(F)c(Cl)c2)COS1=O. The number of amides is 1. The van der Waals surface area contributed by atoms with Crippen LogP contribution in [-0.2, 0) is 21.9 Å². The highest BCUT2D eigenvalue weighted by Crippen LogP contribution is 2.21. The summed E-state index contributed by atoms with van der Waals surface area (Å²) in [7, 11) is 0.